The molecule has 0 bridgehead atoms. The number of aromatic nitrogens is 1. The first kappa shape index (κ1) is 14.5. The van der Waals surface area contributed by atoms with Gasteiger partial charge in [-0.15, -0.1) is 0 Å². The number of nitrogens with zero attached hydrogens (tertiary/aromatic N) is 2. The first-order valence-electron chi connectivity index (χ1n) is 7.39. The minimum atomic E-state index is -0.147. The number of anilines is 2. The molecule has 0 saturated carbocycles. The molecular formula is C17H19N3O2. The Balaban J connectivity index is 1.68. The summed E-state index contributed by atoms with van der Waals surface area (Å²) in [4.78, 5) is 18.8. The number of rotatable bonds is 3. The third-order valence-electron chi connectivity index (χ3n) is 3.62. The van der Waals surface area contributed by atoms with Gasteiger partial charge in [0.05, 0.1) is 18.8 Å². The van der Waals surface area contributed by atoms with Gasteiger partial charge in [-0.05, 0) is 36.8 Å². The number of amides is 1. The van der Waals surface area contributed by atoms with Crippen molar-refractivity contribution < 1.29 is 9.53 Å². The fraction of sp³-hybridized carbons (Fsp3) is 0.294. The van der Waals surface area contributed by atoms with Gasteiger partial charge < -0.3 is 15.0 Å². The van der Waals surface area contributed by atoms with Crippen LogP contribution in [0, 0.1) is 6.92 Å². The van der Waals surface area contributed by atoms with Crippen molar-refractivity contribution >= 4 is 17.4 Å². The van der Waals surface area contributed by atoms with Gasteiger partial charge >= 0.3 is 0 Å². The highest BCUT2D eigenvalue weighted by molar-refractivity contribution is 6.04. The Bertz CT molecular complexity index is 649. The van der Waals surface area contributed by atoms with Crippen LogP contribution in [0.2, 0.25) is 0 Å². The number of hydrogen-bond acceptors (Lipinski definition) is 4. The molecule has 1 aromatic carbocycles. The van der Waals surface area contributed by atoms with E-state index in [9.17, 15) is 4.79 Å². The smallest absolute Gasteiger partial charge is 0.257 e. The molecule has 0 aliphatic carbocycles. The minimum Gasteiger partial charge on any atom is -0.378 e. The second-order valence-corrected chi connectivity index (χ2v) is 5.33. The van der Waals surface area contributed by atoms with E-state index in [4.69, 9.17) is 4.74 Å². The van der Waals surface area contributed by atoms with Gasteiger partial charge in [-0.25, -0.2) is 4.98 Å². The van der Waals surface area contributed by atoms with Crippen LogP contribution in [0.5, 0.6) is 0 Å². The van der Waals surface area contributed by atoms with E-state index in [0.717, 1.165) is 43.4 Å². The van der Waals surface area contributed by atoms with Crippen molar-refractivity contribution in [3.05, 3.63) is 53.7 Å². The van der Waals surface area contributed by atoms with Crippen LogP contribution >= 0.6 is 0 Å². The van der Waals surface area contributed by atoms with Crippen molar-refractivity contribution in [3.63, 3.8) is 0 Å². The summed E-state index contributed by atoms with van der Waals surface area (Å²) < 4.78 is 5.33. The van der Waals surface area contributed by atoms with E-state index in [1.54, 1.807) is 6.20 Å². The van der Waals surface area contributed by atoms with Gasteiger partial charge in [0.1, 0.15) is 5.82 Å². The molecule has 5 heteroatoms. The zero-order valence-electron chi connectivity index (χ0n) is 12.6. The van der Waals surface area contributed by atoms with Crippen molar-refractivity contribution in [2.45, 2.75) is 6.92 Å². The molecule has 22 heavy (non-hydrogen) atoms. The maximum absolute atomic E-state index is 12.2. The maximum Gasteiger partial charge on any atom is 0.257 e. The summed E-state index contributed by atoms with van der Waals surface area (Å²) in [5.74, 6) is 0.738. The molecule has 1 N–H and O–H groups in total. The molecule has 0 unspecified atom stereocenters. The number of nitrogens with one attached hydrogen (secondary N) is 1. The Kier molecular flexibility index (Phi) is 4.34. The van der Waals surface area contributed by atoms with Gasteiger partial charge in [-0.3, -0.25) is 4.79 Å². The first-order valence-corrected chi connectivity index (χ1v) is 7.39. The molecule has 1 aromatic heterocycles. The molecule has 2 aromatic rings. The molecular weight excluding hydrogens is 278 g/mol. The molecule has 1 fully saturated rings. The van der Waals surface area contributed by atoms with Crippen molar-refractivity contribution in [2.24, 2.45) is 0 Å². The molecule has 0 atom stereocenters. The lowest BCUT2D eigenvalue weighted by Gasteiger charge is -2.27. The third kappa shape index (κ3) is 3.43. The lowest BCUT2D eigenvalue weighted by molar-refractivity contribution is 0.102. The zero-order valence-corrected chi connectivity index (χ0v) is 12.6. The highest BCUT2D eigenvalue weighted by Gasteiger charge is 2.13. The molecule has 0 radical (unpaired) electrons. The molecule has 1 aliphatic heterocycles. The highest BCUT2D eigenvalue weighted by atomic mass is 16.5. The summed E-state index contributed by atoms with van der Waals surface area (Å²) in [6.45, 7) is 5.10. The van der Waals surface area contributed by atoms with Crippen LogP contribution in [-0.4, -0.2) is 37.2 Å². The van der Waals surface area contributed by atoms with Crippen molar-refractivity contribution in [2.75, 3.05) is 36.5 Å². The highest BCUT2D eigenvalue weighted by Crippen LogP contribution is 2.15. The first-order chi connectivity index (χ1) is 10.7. The van der Waals surface area contributed by atoms with Crippen LogP contribution in [0.4, 0.5) is 11.5 Å². The molecule has 2 heterocycles. The largest absolute Gasteiger partial charge is 0.378 e. The van der Waals surface area contributed by atoms with E-state index in [1.807, 2.05) is 43.3 Å². The Morgan fingerprint density at radius 3 is 2.73 bits per heavy atom. The summed E-state index contributed by atoms with van der Waals surface area (Å²) in [6.07, 6.45) is 1.62. The summed E-state index contributed by atoms with van der Waals surface area (Å²) in [5, 5.41) is 2.89. The van der Waals surface area contributed by atoms with Crippen molar-refractivity contribution in [1.82, 2.24) is 4.98 Å². The second-order valence-electron chi connectivity index (χ2n) is 5.33. The Morgan fingerprint density at radius 1 is 1.23 bits per heavy atom. The van der Waals surface area contributed by atoms with E-state index in [0.29, 0.717) is 5.56 Å². The predicted molar refractivity (Wildman–Crippen MR) is 86.4 cm³/mol. The number of benzene rings is 1. The van der Waals surface area contributed by atoms with Gasteiger partial charge in [0, 0.05) is 25.0 Å². The fourth-order valence-electron chi connectivity index (χ4n) is 2.43. The lowest BCUT2D eigenvalue weighted by Crippen LogP contribution is -2.36. The Morgan fingerprint density at radius 2 is 2.05 bits per heavy atom. The number of morpholine rings is 1. The van der Waals surface area contributed by atoms with Gasteiger partial charge in [-0.2, -0.15) is 0 Å². The minimum absolute atomic E-state index is 0.147. The maximum atomic E-state index is 12.2. The van der Waals surface area contributed by atoms with Crippen LogP contribution in [0.3, 0.4) is 0 Å². The average molecular weight is 297 g/mol. The van der Waals surface area contributed by atoms with Gasteiger partial charge in [0.25, 0.3) is 5.91 Å². The SMILES string of the molecule is Cc1cccc(NC(=O)c2ccc(N3CCOCC3)nc2)c1. The standard InChI is InChI=1S/C17H19N3O2/c1-13-3-2-4-15(11-13)19-17(21)14-5-6-16(18-12-14)20-7-9-22-10-8-20/h2-6,11-12H,7-10H2,1H3,(H,19,21). The molecule has 3 rings (SSSR count). The van der Waals surface area contributed by atoms with Crippen molar-refractivity contribution in [1.29, 1.82) is 0 Å². The zero-order chi connectivity index (χ0) is 15.4. The van der Waals surface area contributed by atoms with Crippen LogP contribution in [0.15, 0.2) is 42.6 Å². The van der Waals surface area contributed by atoms with Gasteiger partial charge in [0.2, 0.25) is 0 Å². The fourth-order valence-corrected chi connectivity index (χ4v) is 2.43. The number of hydrogen-bond donors (Lipinski definition) is 1. The molecule has 1 amide bonds. The Hall–Kier alpha value is -2.40. The summed E-state index contributed by atoms with van der Waals surface area (Å²) in [7, 11) is 0. The Labute approximate surface area is 129 Å². The van der Waals surface area contributed by atoms with E-state index in [1.165, 1.54) is 0 Å². The molecule has 114 valence electrons. The topological polar surface area (TPSA) is 54.5 Å². The molecule has 1 aliphatic rings. The van der Waals surface area contributed by atoms with E-state index in [2.05, 4.69) is 15.2 Å². The number of aryl methyl sites for hydroxylation is 1. The van der Waals surface area contributed by atoms with Crippen LogP contribution in [0.1, 0.15) is 15.9 Å². The normalized spacial score (nSPS) is 14.7. The van der Waals surface area contributed by atoms with E-state index >= 15 is 0 Å². The average Bonchev–Trinajstić information content (AvgIpc) is 2.56. The van der Waals surface area contributed by atoms with E-state index < -0.39 is 0 Å². The molecule has 0 spiro atoms. The molecule has 5 nitrogen and oxygen atoms in total. The lowest BCUT2D eigenvalue weighted by atomic mass is 10.2. The van der Waals surface area contributed by atoms with Crippen molar-refractivity contribution in [3.8, 4) is 0 Å². The quantitative estimate of drug-likeness (QED) is 0.945. The second kappa shape index (κ2) is 6.58. The summed E-state index contributed by atoms with van der Waals surface area (Å²) >= 11 is 0. The number of pyridine rings is 1. The predicted octanol–water partition coefficient (Wildman–Crippen LogP) is 2.48. The monoisotopic (exact) mass is 297 g/mol. The number of carbonyl (C=O) groups is 1. The summed E-state index contributed by atoms with van der Waals surface area (Å²) in [5.41, 5.74) is 2.46. The number of ether oxygens (including phenoxy) is 1. The number of carbonyl (C=O) groups excluding carboxylic acids is 1. The molecule has 1 saturated heterocycles. The van der Waals surface area contributed by atoms with Crippen LogP contribution < -0.4 is 10.2 Å². The van der Waals surface area contributed by atoms with Crippen LogP contribution in [0.25, 0.3) is 0 Å². The third-order valence-corrected chi connectivity index (χ3v) is 3.62. The van der Waals surface area contributed by atoms with E-state index in [-0.39, 0.29) is 5.91 Å². The van der Waals surface area contributed by atoms with Gasteiger partial charge in [-0.1, -0.05) is 12.1 Å². The summed E-state index contributed by atoms with van der Waals surface area (Å²) in [6, 6.07) is 11.4. The van der Waals surface area contributed by atoms with Gasteiger partial charge in [0.15, 0.2) is 0 Å². The van der Waals surface area contributed by atoms with Crippen LogP contribution in [-0.2, 0) is 4.74 Å².